The smallest absolute Gasteiger partial charge is 0.0207 e. The van der Waals surface area contributed by atoms with Crippen molar-refractivity contribution in [3.8, 4) is 44.5 Å². The van der Waals surface area contributed by atoms with Crippen LogP contribution < -0.4 is 0 Å². The summed E-state index contributed by atoms with van der Waals surface area (Å²) in [6.45, 7) is 0. The van der Waals surface area contributed by atoms with Crippen molar-refractivity contribution >= 4 is 54.9 Å². The minimum atomic E-state index is 1.23. The van der Waals surface area contributed by atoms with Crippen molar-refractivity contribution in [1.29, 1.82) is 0 Å². The summed E-state index contributed by atoms with van der Waals surface area (Å²) in [4.78, 5) is 2.65. The Balaban J connectivity index is 1.20. The van der Waals surface area contributed by atoms with Crippen LogP contribution >= 0.6 is 11.8 Å². The van der Waals surface area contributed by atoms with Gasteiger partial charge in [-0.2, -0.15) is 0 Å². The maximum Gasteiger partial charge on any atom is 0.0207 e. The molecule has 1 aliphatic rings. The molecule has 1 heteroatoms. The Morgan fingerprint density at radius 2 is 0.830 bits per heavy atom. The van der Waals surface area contributed by atoms with E-state index in [0.29, 0.717) is 0 Å². The van der Waals surface area contributed by atoms with Crippen molar-refractivity contribution in [3.63, 3.8) is 0 Å². The molecule has 0 radical (unpaired) electrons. The van der Waals surface area contributed by atoms with Gasteiger partial charge in [-0.1, -0.05) is 163 Å². The summed E-state index contributed by atoms with van der Waals surface area (Å²) in [6, 6.07) is 62.8. The molecule has 0 nitrogen and oxygen atoms in total. The zero-order chi connectivity index (χ0) is 30.9. The SMILES string of the molecule is c1cc(-c2cccc3ccccc23)cc(-c2c3ccccc3c(-c3ccc4c(c3)Sc3cccc5cccc-4c35)c3ccccc23)c1. The Hall–Kier alpha value is -5.63. The zero-order valence-electron chi connectivity index (χ0n) is 25.6. The third-order valence-corrected chi connectivity index (χ3v) is 10.9. The van der Waals surface area contributed by atoms with Gasteiger partial charge in [0.05, 0.1) is 0 Å². The number of benzene rings is 9. The first-order chi connectivity index (χ1) is 23.3. The minimum Gasteiger partial charge on any atom is -0.0888 e. The van der Waals surface area contributed by atoms with Gasteiger partial charge in [0.2, 0.25) is 0 Å². The number of hydrogen-bond acceptors (Lipinski definition) is 1. The molecule has 0 saturated carbocycles. The predicted molar refractivity (Wildman–Crippen MR) is 202 cm³/mol. The maximum absolute atomic E-state index is 2.42. The van der Waals surface area contributed by atoms with Gasteiger partial charge in [0, 0.05) is 15.2 Å². The molecule has 10 rings (SSSR count). The summed E-state index contributed by atoms with van der Waals surface area (Å²) in [5, 5.41) is 10.3. The molecule has 0 amide bonds. The van der Waals surface area contributed by atoms with Crippen LogP contribution in [0, 0.1) is 0 Å². The summed E-state index contributed by atoms with van der Waals surface area (Å²) in [7, 11) is 0. The lowest BCUT2D eigenvalue weighted by atomic mass is 9.85. The molecule has 0 N–H and O–H groups in total. The predicted octanol–water partition coefficient (Wildman–Crippen LogP) is 13.4. The fourth-order valence-corrected chi connectivity index (χ4v) is 8.98. The van der Waals surface area contributed by atoms with Crippen LogP contribution in [0.2, 0.25) is 0 Å². The van der Waals surface area contributed by atoms with E-state index in [0.717, 1.165) is 0 Å². The highest BCUT2D eigenvalue weighted by Crippen LogP contribution is 2.50. The largest absolute Gasteiger partial charge is 0.0888 e. The maximum atomic E-state index is 2.42. The fraction of sp³-hybridized carbons (Fsp3) is 0. The highest BCUT2D eigenvalue weighted by atomic mass is 32.2. The molecule has 0 saturated heterocycles. The molecule has 0 bridgehead atoms. The van der Waals surface area contributed by atoms with Crippen LogP contribution in [-0.2, 0) is 0 Å². The first-order valence-corrected chi connectivity index (χ1v) is 17.0. The van der Waals surface area contributed by atoms with E-state index < -0.39 is 0 Å². The molecule has 1 heterocycles. The lowest BCUT2D eigenvalue weighted by Crippen LogP contribution is -1.95. The molecule has 9 aromatic carbocycles. The van der Waals surface area contributed by atoms with Gasteiger partial charge in [0.25, 0.3) is 0 Å². The van der Waals surface area contributed by atoms with Gasteiger partial charge in [-0.25, -0.2) is 0 Å². The van der Waals surface area contributed by atoms with E-state index in [1.54, 1.807) is 0 Å². The van der Waals surface area contributed by atoms with Crippen LogP contribution in [0.3, 0.4) is 0 Å². The molecule has 0 fully saturated rings. The number of fused-ring (bicyclic) bond motifs is 5. The van der Waals surface area contributed by atoms with Crippen LogP contribution in [0.4, 0.5) is 0 Å². The van der Waals surface area contributed by atoms with Crippen LogP contribution in [0.25, 0.3) is 87.6 Å². The third-order valence-electron chi connectivity index (χ3n) is 9.83. The molecular weight excluding hydrogens is 585 g/mol. The van der Waals surface area contributed by atoms with Crippen molar-refractivity contribution in [2.75, 3.05) is 0 Å². The monoisotopic (exact) mass is 612 g/mol. The molecular formula is C46H28S. The van der Waals surface area contributed by atoms with E-state index >= 15 is 0 Å². The van der Waals surface area contributed by atoms with E-state index in [1.165, 1.54) is 97.4 Å². The van der Waals surface area contributed by atoms with Gasteiger partial charge in [0.1, 0.15) is 0 Å². The normalized spacial score (nSPS) is 12.2. The molecule has 218 valence electrons. The second-order valence-electron chi connectivity index (χ2n) is 12.4. The lowest BCUT2D eigenvalue weighted by Gasteiger charge is -2.22. The van der Waals surface area contributed by atoms with Crippen LogP contribution in [0.15, 0.2) is 180 Å². The number of rotatable bonds is 3. The van der Waals surface area contributed by atoms with Crippen LogP contribution in [0.5, 0.6) is 0 Å². The first-order valence-electron chi connectivity index (χ1n) is 16.2. The van der Waals surface area contributed by atoms with Crippen molar-refractivity contribution in [1.82, 2.24) is 0 Å². The molecule has 0 aliphatic carbocycles. The average molecular weight is 613 g/mol. The van der Waals surface area contributed by atoms with Gasteiger partial charge in [0.15, 0.2) is 0 Å². The van der Waals surface area contributed by atoms with E-state index in [1.807, 2.05) is 11.8 Å². The molecule has 0 atom stereocenters. The molecule has 9 aromatic rings. The van der Waals surface area contributed by atoms with Crippen LogP contribution in [0.1, 0.15) is 0 Å². The first kappa shape index (κ1) is 26.6. The van der Waals surface area contributed by atoms with E-state index in [9.17, 15) is 0 Å². The summed E-state index contributed by atoms with van der Waals surface area (Å²) in [5.41, 5.74) is 10.2. The molecule has 0 spiro atoms. The molecule has 0 unspecified atom stereocenters. The third kappa shape index (κ3) is 4.10. The Morgan fingerprint density at radius 1 is 0.298 bits per heavy atom. The van der Waals surface area contributed by atoms with Gasteiger partial charge in [-0.3, -0.25) is 0 Å². The van der Waals surface area contributed by atoms with E-state index in [2.05, 4.69) is 170 Å². The highest BCUT2D eigenvalue weighted by Gasteiger charge is 2.22. The van der Waals surface area contributed by atoms with Gasteiger partial charge >= 0.3 is 0 Å². The fourth-order valence-electron chi connectivity index (χ4n) is 7.79. The number of hydrogen-bond donors (Lipinski definition) is 0. The quantitative estimate of drug-likeness (QED) is 0.179. The second-order valence-corrected chi connectivity index (χ2v) is 13.5. The van der Waals surface area contributed by atoms with Crippen molar-refractivity contribution in [2.45, 2.75) is 9.79 Å². The standard InChI is InChI=1S/C46H28S/c1-2-17-34-29(11-1)12-8-22-35(34)31-15-7-16-32(27-31)44-38-18-3-5-20-40(38)45(41-21-6-4-19-39(41)44)33-25-26-36-37-23-9-13-30-14-10-24-42(46(30)37)47-43(36)28-33/h1-28H. The van der Waals surface area contributed by atoms with Crippen molar-refractivity contribution < 1.29 is 0 Å². The van der Waals surface area contributed by atoms with E-state index in [-0.39, 0.29) is 0 Å². The highest BCUT2D eigenvalue weighted by molar-refractivity contribution is 7.99. The zero-order valence-corrected chi connectivity index (χ0v) is 26.4. The average Bonchev–Trinajstić information content (AvgIpc) is 3.13. The summed E-state index contributed by atoms with van der Waals surface area (Å²) >= 11 is 1.89. The van der Waals surface area contributed by atoms with Gasteiger partial charge in [-0.15, -0.1) is 0 Å². The Kier molecular flexibility index (Phi) is 5.91. The summed E-state index contributed by atoms with van der Waals surface area (Å²) < 4.78 is 0. The van der Waals surface area contributed by atoms with Gasteiger partial charge in [-0.05, 0) is 100 Å². The summed E-state index contributed by atoms with van der Waals surface area (Å²) in [6.07, 6.45) is 0. The lowest BCUT2D eigenvalue weighted by molar-refractivity contribution is 1.40. The Bertz CT molecular complexity index is 2650. The van der Waals surface area contributed by atoms with Gasteiger partial charge < -0.3 is 0 Å². The molecule has 1 aliphatic heterocycles. The van der Waals surface area contributed by atoms with Crippen molar-refractivity contribution in [2.24, 2.45) is 0 Å². The molecule has 0 aromatic heterocycles. The van der Waals surface area contributed by atoms with Crippen LogP contribution in [-0.4, -0.2) is 0 Å². The Morgan fingerprint density at radius 3 is 1.55 bits per heavy atom. The second kappa shape index (κ2) is 10.5. The van der Waals surface area contributed by atoms with Crippen molar-refractivity contribution in [3.05, 3.63) is 170 Å². The topological polar surface area (TPSA) is 0 Å². The van der Waals surface area contributed by atoms with E-state index in [4.69, 9.17) is 0 Å². The Labute approximate surface area is 278 Å². The molecule has 47 heavy (non-hydrogen) atoms. The minimum absolute atomic E-state index is 1.23. The summed E-state index contributed by atoms with van der Waals surface area (Å²) in [5.74, 6) is 0.